The van der Waals surface area contributed by atoms with Crippen molar-refractivity contribution in [2.75, 3.05) is 40.6 Å². The first-order valence-electron chi connectivity index (χ1n) is 41.6. The van der Waals surface area contributed by atoms with Gasteiger partial charge >= 0.3 is 6.18 Å². The summed E-state index contributed by atoms with van der Waals surface area (Å²) in [5.41, 5.74) is 2.79. The number of aromatic hydroxyl groups is 4. The Morgan fingerprint density at radius 3 is 1.30 bits per heavy atom. The number of rotatable bonds is 28. The van der Waals surface area contributed by atoms with Crippen LogP contribution in [-0.4, -0.2) is 156 Å². The Morgan fingerprint density at radius 1 is 0.516 bits per heavy atom. The van der Waals surface area contributed by atoms with E-state index in [1.165, 1.54) is 69.7 Å². The lowest BCUT2D eigenvalue weighted by Gasteiger charge is -2.36. The number of phenols is 4. The second-order valence-electron chi connectivity index (χ2n) is 33.2. The van der Waals surface area contributed by atoms with E-state index in [2.05, 4.69) is 13.2 Å². The molecule has 23 nitrogen and oxygen atoms in total. The van der Waals surface area contributed by atoms with Crippen molar-refractivity contribution in [3.05, 3.63) is 310 Å². The van der Waals surface area contributed by atoms with Crippen LogP contribution in [0.15, 0.2) is 244 Å². The van der Waals surface area contributed by atoms with Crippen LogP contribution in [0.1, 0.15) is 216 Å². The normalized spacial score (nSPS) is 14.4. The summed E-state index contributed by atoms with van der Waals surface area (Å²) in [6.07, 6.45) is -3.74. The molecule has 9 atom stereocenters. The smallest absolute Gasteiger partial charge is 0.421 e. The molecule has 0 amide bonds. The number of aryl methyl sites for hydroxylation is 1. The second-order valence-corrected chi connectivity index (χ2v) is 33.6. The number of halogens is 4. The quantitative estimate of drug-likeness (QED) is 0.00937. The molecule has 9 unspecified atom stereocenters. The van der Waals surface area contributed by atoms with E-state index >= 15 is 0 Å². The molecular formula is C101H139ClF3NO22. The summed E-state index contributed by atoms with van der Waals surface area (Å²) >= 11 is 5.73. The molecule has 0 radical (unpaired) electrons. The Kier molecular flexibility index (Phi) is 47.7. The Bertz CT molecular complexity index is 4700. The van der Waals surface area contributed by atoms with Gasteiger partial charge in [-0.25, -0.2) is 0 Å². The number of carbonyl (C=O) groups is 1. The number of aliphatic hydroxyl groups excluding tert-OH is 6. The standard InChI is InChI=1S/C17H26O4.C12H17NO2.C11H15ClO2.C11H13F3O.C11H16O4.C10H14O3.C10H14O2.C10H14O.C9H10O3/c1-7-16(3,4)12-9-13(18)11(8-14(12)19)15(20)10(2)17(5,6)21;1-3-12(14,9-15-10(2)13)11-7-5-4-6-8-11;1-10(2,13)11(3,14)8-4-6-9(12)7-5-8;1-3-10(15,11(12,13)14)9-6-4-8(2)5-7-9;1-7(6-12)11(14)8-3-4-9(13)10(5-8)15-2;1-3-8(11)7-4-5-9(12)10(6-7)13-2;1-10(7-11,8-12)9-5-3-2-4-6-9;1-3-10(2,11)9-7-5-4-6-8-9;1-7(10)9(11,12)8-5-3-2-4-6-8/h7-10,15,18-21H,1H2,2-6H3;4-8,14H,2-3,9,13H2,1H3;4-7,13-14H,1-3H3;4-7,15H,3H2,1-2H3;3-5,7,11-14H,6H2,1-2H3;4-6,8,11-12H,3H2,1-2H3;2-6,11-12H,7-8H2,1H3;4-8,11H,3H2,1-2H3;2-6,11-12H,1H3. The van der Waals surface area contributed by atoms with Crippen molar-refractivity contribution in [2.24, 2.45) is 17.6 Å². The van der Waals surface area contributed by atoms with Gasteiger partial charge in [-0.05, 0) is 168 Å². The van der Waals surface area contributed by atoms with Crippen molar-refractivity contribution in [1.29, 1.82) is 0 Å². The average Bonchev–Trinajstić information content (AvgIpc) is 0.787. The molecule has 20 N–H and O–H groups in total. The molecule has 0 aromatic heterocycles. The highest BCUT2D eigenvalue weighted by atomic mass is 35.5. The van der Waals surface area contributed by atoms with Crippen molar-refractivity contribution in [2.45, 2.75) is 218 Å². The van der Waals surface area contributed by atoms with Gasteiger partial charge in [-0.2, -0.15) is 13.2 Å². The Labute approximate surface area is 758 Å². The first-order chi connectivity index (χ1) is 59.3. The molecule has 0 saturated carbocycles. The van der Waals surface area contributed by atoms with E-state index in [-0.39, 0.29) is 84.3 Å². The van der Waals surface area contributed by atoms with Crippen LogP contribution in [-0.2, 0) is 48.6 Å². The van der Waals surface area contributed by atoms with Crippen LogP contribution in [0.2, 0.25) is 5.02 Å². The number of Topliss-reactive ketones (excluding diaryl/α,β-unsaturated/α-hetero) is 1. The van der Waals surface area contributed by atoms with Crippen LogP contribution in [0, 0.1) is 18.8 Å². The molecule has 708 valence electrons. The largest absolute Gasteiger partial charge is 0.508 e. The molecule has 0 aliphatic rings. The topological polar surface area (TPSA) is 435 Å². The number of benzene rings is 9. The monoisotopic (exact) mass is 1810 g/mol. The number of phenolic OH excluding ortho intramolecular Hbond substituents is 4. The van der Waals surface area contributed by atoms with Crippen molar-refractivity contribution < 1.29 is 124 Å². The number of ether oxygens (including phenoxy) is 3. The van der Waals surface area contributed by atoms with E-state index in [1.807, 2.05) is 139 Å². The number of hydrogen-bond acceptors (Lipinski definition) is 23. The predicted octanol–water partition coefficient (Wildman–Crippen LogP) is 16.8. The highest BCUT2D eigenvalue weighted by molar-refractivity contribution is 6.30. The van der Waals surface area contributed by atoms with E-state index < -0.39 is 86.4 Å². The fourth-order valence-electron chi connectivity index (χ4n) is 11.4. The summed E-state index contributed by atoms with van der Waals surface area (Å²) in [5, 5.41) is 174. The maximum Gasteiger partial charge on any atom is 0.421 e. The first-order valence-corrected chi connectivity index (χ1v) is 42.0. The zero-order valence-electron chi connectivity index (χ0n) is 77.1. The third-order valence-corrected chi connectivity index (χ3v) is 22.3. The van der Waals surface area contributed by atoms with Gasteiger partial charge in [0.1, 0.15) is 29.3 Å². The second kappa shape index (κ2) is 52.6. The lowest BCUT2D eigenvalue weighted by atomic mass is 9.80. The summed E-state index contributed by atoms with van der Waals surface area (Å²) in [4.78, 5) is 10.8. The molecule has 0 aliphatic carbocycles. The minimum absolute atomic E-state index is 0.0188. The van der Waals surface area contributed by atoms with Gasteiger partial charge in [-0.3, -0.25) is 4.79 Å². The van der Waals surface area contributed by atoms with Crippen LogP contribution in [0.25, 0.3) is 0 Å². The van der Waals surface area contributed by atoms with Gasteiger partial charge in [0.15, 0.2) is 40.3 Å². The molecule has 0 fully saturated rings. The number of carbonyl (C=O) groups excluding carboxylic acids is 1. The summed E-state index contributed by atoms with van der Waals surface area (Å²) in [7, 11) is 2.93. The lowest BCUT2D eigenvalue weighted by Crippen LogP contribution is -2.44. The molecule has 128 heavy (non-hydrogen) atoms. The number of ketones is 1. The van der Waals surface area contributed by atoms with Gasteiger partial charge < -0.3 is 112 Å². The molecule has 9 aromatic carbocycles. The van der Waals surface area contributed by atoms with Crippen LogP contribution in [0.4, 0.5) is 13.2 Å². The maximum absolute atomic E-state index is 12.6. The number of alkyl halides is 3. The molecule has 0 spiro atoms. The van der Waals surface area contributed by atoms with Crippen LogP contribution in [0.3, 0.4) is 0 Å². The molecule has 0 heterocycles. The summed E-state index contributed by atoms with van der Waals surface area (Å²) < 4.78 is 52.9. The number of aliphatic hydroxyl groups is 14. The van der Waals surface area contributed by atoms with Gasteiger partial charge in [-0.15, -0.1) is 6.58 Å². The van der Waals surface area contributed by atoms with E-state index in [4.69, 9.17) is 46.9 Å². The van der Waals surface area contributed by atoms with Crippen molar-refractivity contribution >= 4 is 17.4 Å². The van der Waals surface area contributed by atoms with E-state index in [0.29, 0.717) is 46.1 Å². The predicted molar refractivity (Wildman–Crippen MR) is 495 cm³/mol. The first kappa shape index (κ1) is 116. The zero-order chi connectivity index (χ0) is 98.4. The SMILES string of the molecule is C=C(N)OCC(O)(CC)c1ccccc1.C=CC(C)(C)c1cc(O)c(C(O)C(C)C(C)(C)O)cc1O.CC(=O)C(O)(O)c1ccccc1.CC(C)(O)C(C)(O)c1ccc(Cl)cc1.CC(CO)(CO)c1ccccc1.CCC(C)(O)c1ccccc1.CCC(O)(c1ccc(C)cc1)C(F)(F)F.CCC(O)c1ccc(O)c(OC)c1.COc1cc(C(O)C(C)CO)ccc1O. The number of nitrogens with two attached hydrogens (primary N) is 1. The van der Waals surface area contributed by atoms with E-state index in [9.17, 15) is 94.6 Å². The molecule has 9 rings (SSSR count). The molecule has 0 bridgehead atoms. The highest BCUT2D eigenvalue weighted by Gasteiger charge is 2.53. The zero-order valence-corrected chi connectivity index (χ0v) is 77.8. The minimum atomic E-state index is -4.64. The maximum atomic E-state index is 12.6. The van der Waals surface area contributed by atoms with Gasteiger partial charge in [0.25, 0.3) is 5.79 Å². The number of hydrogen-bond donors (Lipinski definition) is 19. The fraction of sp³-hybridized carbons (Fsp3) is 0.416. The average molecular weight is 1810 g/mol. The summed E-state index contributed by atoms with van der Waals surface area (Å²) in [6, 6.07) is 61.5. The van der Waals surface area contributed by atoms with Crippen LogP contribution >= 0.6 is 11.6 Å². The fourth-order valence-corrected chi connectivity index (χ4v) is 11.5. The molecule has 0 aliphatic heterocycles. The van der Waals surface area contributed by atoms with Crippen molar-refractivity contribution in [3.8, 4) is 34.5 Å². The Hall–Kier alpha value is -9.95. The van der Waals surface area contributed by atoms with Gasteiger partial charge in [0.05, 0.1) is 62.5 Å². The Balaban J connectivity index is 0.000000724. The van der Waals surface area contributed by atoms with E-state index in [0.717, 1.165) is 41.2 Å². The number of methoxy groups -OCH3 is 2. The van der Waals surface area contributed by atoms with Crippen LogP contribution in [0.5, 0.6) is 34.5 Å². The number of allylic oxidation sites excluding steroid dienone is 1. The summed E-state index contributed by atoms with van der Waals surface area (Å²) in [5.74, 6) is -2.97. The van der Waals surface area contributed by atoms with Gasteiger partial charge in [0, 0.05) is 57.9 Å². The Morgan fingerprint density at radius 2 is 0.938 bits per heavy atom. The molecule has 9 aromatic rings. The molecule has 27 heteroatoms. The van der Waals surface area contributed by atoms with Gasteiger partial charge in [0.2, 0.25) is 0 Å². The van der Waals surface area contributed by atoms with Crippen molar-refractivity contribution in [1.82, 2.24) is 0 Å². The third kappa shape index (κ3) is 35.5. The van der Waals surface area contributed by atoms with Crippen molar-refractivity contribution in [3.63, 3.8) is 0 Å². The third-order valence-electron chi connectivity index (χ3n) is 22.0. The lowest BCUT2D eigenvalue weighted by molar-refractivity contribution is -0.267. The minimum Gasteiger partial charge on any atom is -0.508 e. The summed E-state index contributed by atoms with van der Waals surface area (Å²) in [6.45, 7) is 35.8. The molecule has 0 saturated heterocycles. The van der Waals surface area contributed by atoms with Crippen LogP contribution < -0.4 is 15.2 Å². The van der Waals surface area contributed by atoms with Gasteiger partial charge in [-0.1, -0.05) is 255 Å². The highest BCUT2D eigenvalue weighted by Crippen LogP contribution is 2.44. The van der Waals surface area contributed by atoms with E-state index in [1.54, 1.807) is 140 Å². The molecular weight excluding hydrogens is 1670 g/mol.